The van der Waals surface area contributed by atoms with E-state index in [-0.39, 0.29) is 0 Å². The number of halogens is 1. The normalized spacial score (nSPS) is 15.0. The Hall–Kier alpha value is -1.61. The van der Waals surface area contributed by atoms with Gasteiger partial charge in [-0.2, -0.15) is 15.1 Å². The third-order valence-electron chi connectivity index (χ3n) is 1.11. The van der Waals surface area contributed by atoms with Crippen LogP contribution >= 0.6 is 0 Å². The lowest BCUT2D eigenvalue weighted by molar-refractivity contribution is 0.122. The molecule has 0 fully saturated rings. The van der Waals surface area contributed by atoms with Gasteiger partial charge in [0, 0.05) is 19.0 Å². The molecule has 0 aromatic heterocycles. The summed E-state index contributed by atoms with van der Waals surface area (Å²) in [6.07, 6.45) is 2.85. The first-order chi connectivity index (χ1) is 5.83. The molecule has 0 amide bonds. The van der Waals surface area contributed by atoms with E-state index in [1.807, 2.05) is 6.07 Å². The summed E-state index contributed by atoms with van der Waals surface area (Å²) in [5.41, 5.74) is 4.96. The number of hydrazone groups is 1. The van der Waals surface area contributed by atoms with Crippen LogP contribution in [0.2, 0.25) is 0 Å². The van der Waals surface area contributed by atoms with Crippen LogP contribution < -0.4 is 10.9 Å². The molecular weight excluding hydrogens is 161 g/mol. The van der Waals surface area contributed by atoms with Crippen molar-refractivity contribution < 1.29 is 4.39 Å². The van der Waals surface area contributed by atoms with Gasteiger partial charge < -0.3 is 0 Å². The molecule has 0 saturated carbocycles. The van der Waals surface area contributed by atoms with Gasteiger partial charge >= 0.3 is 0 Å². The lowest BCUT2D eigenvalue weighted by atomic mass is 10.5. The summed E-state index contributed by atoms with van der Waals surface area (Å²) in [6.45, 7) is 0.425. The zero-order valence-corrected chi connectivity index (χ0v) is 6.29. The maximum absolute atomic E-state index is 12.5. The first kappa shape index (κ1) is 8.49. The van der Waals surface area contributed by atoms with E-state index in [1.165, 1.54) is 12.3 Å². The summed E-state index contributed by atoms with van der Waals surface area (Å²) < 4.78 is 12.5. The smallest absolute Gasteiger partial charge is 0.209 e. The van der Waals surface area contributed by atoms with E-state index in [0.29, 0.717) is 13.0 Å². The molecule has 1 aliphatic rings. The van der Waals surface area contributed by atoms with Crippen molar-refractivity contribution in [2.45, 2.75) is 6.42 Å². The van der Waals surface area contributed by atoms with Gasteiger partial charge in [-0.15, -0.1) is 10.3 Å². The largest absolute Gasteiger partial charge is 0.242 e. The highest BCUT2D eigenvalue weighted by Crippen LogP contribution is 1.95. The van der Waals surface area contributed by atoms with E-state index < -0.39 is 5.95 Å². The molecule has 0 unspecified atom stereocenters. The van der Waals surface area contributed by atoms with Gasteiger partial charge in [0.2, 0.25) is 5.95 Å². The van der Waals surface area contributed by atoms with Crippen molar-refractivity contribution in [2.75, 3.05) is 6.54 Å². The minimum atomic E-state index is -0.491. The van der Waals surface area contributed by atoms with Crippen molar-refractivity contribution in [1.82, 2.24) is 16.1 Å². The molecule has 0 radical (unpaired) electrons. The second-order valence-corrected chi connectivity index (χ2v) is 2.02. The molecule has 12 heavy (non-hydrogen) atoms. The molecule has 1 rings (SSSR count). The Morgan fingerprint density at radius 3 is 3.33 bits per heavy atom. The highest BCUT2D eigenvalue weighted by molar-refractivity contribution is 5.71. The van der Waals surface area contributed by atoms with Gasteiger partial charge in [-0.1, -0.05) is 0 Å². The zero-order valence-electron chi connectivity index (χ0n) is 6.29. The highest BCUT2D eigenvalue weighted by Gasteiger charge is 2.04. The molecular formula is C6H8FN5. The monoisotopic (exact) mass is 169 g/mol. The summed E-state index contributed by atoms with van der Waals surface area (Å²) in [6, 6.07) is 1.94. The predicted molar refractivity (Wildman–Crippen MR) is 40.9 cm³/mol. The Morgan fingerprint density at radius 2 is 2.67 bits per heavy atom. The highest BCUT2D eigenvalue weighted by atomic mass is 19.1. The first-order valence-corrected chi connectivity index (χ1v) is 3.40. The maximum Gasteiger partial charge on any atom is 0.209 e. The fourth-order valence-electron chi connectivity index (χ4n) is 0.631. The van der Waals surface area contributed by atoms with E-state index in [1.54, 1.807) is 0 Å². The quantitative estimate of drug-likeness (QED) is 0.462. The second kappa shape index (κ2) is 4.31. The van der Waals surface area contributed by atoms with Crippen LogP contribution in [-0.2, 0) is 0 Å². The van der Waals surface area contributed by atoms with E-state index in [4.69, 9.17) is 5.26 Å². The molecule has 2 N–H and O–H groups in total. The minimum absolute atomic E-state index is 0.346. The van der Waals surface area contributed by atoms with Gasteiger partial charge in [0.15, 0.2) is 0 Å². The minimum Gasteiger partial charge on any atom is -0.242 e. The van der Waals surface area contributed by atoms with Crippen molar-refractivity contribution >= 4 is 6.21 Å². The van der Waals surface area contributed by atoms with Gasteiger partial charge in [0.05, 0.1) is 12.3 Å². The van der Waals surface area contributed by atoms with Crippen molar-refractivity contribution in [3.05, 3.63) is 12.0 Å². The van der Waals surface area contributed by atoms with Gasteiger partial charge in [0.1, 0.15) is 0 Å². The fraction of sp³-hybridized carbons (Fsp3) is 0.333. The summed E-state index contributed by atoms with van der Waals surface area (Å²) >= 11 is 0. The Bertz CT molecular complexity index is 241. The number of nitrogens with zero attached hydrogens (tertiary/aromatic N) is 3. The lowest BCUT2D eigenvalue weighted by Gasteiger charge is -2.21. The summed E-state index contributed by atoms with van der Waals surface area (Å²) in [7, 11) is 0. The average Bonchev–Trinajstić information content (AvgIpc) is 2.05. The van der Waals surface area contributed by atoms with Gasteiger partial charge in [-0.05, 0) is 0 Å². The lowest BCUT2D eigenvalue weighted by Crippen LogP contribution is -2.44. The van der Waals surface area contributed by atoms with Crippen LogP contribution in [-0.4, -0.2) is 18.0 Å². The Morgan fingerprint density at radius 1 is 1.83 bits per heavy atom. The van der Waals surface area contributed by atoms with Crippen LogP contribution in [0.5, 0.6) is 0 Å². The number of rotatable bonds is 3. The van der Waals surface area contributed by atoms with Crippen LogP contribution in [0.4, 0.5) is 4.39 Å². The molecule has 1 heterocycles. The van der Waals surface area contributed by atoms with Gasteiger partial charge in [-0.3, -0.25) is 0 Å². The molecule has 0 aliphatic carbocycles. The van der Waals surface area contributed by atoms with Crippen LogP contribution in [0, 0.1) is 11.3 Å². The SMILES string of the molecule is N#CCCNN1N=CC=C(F)N1. The van der Waals surface area contributed by atoms with Crippen LogP contribution in [0.3, 0.4) is 0 Å². The van der Waals surface area contributed by atoms with Gasteiger partial charge in [-0.25, -0.2) is 5.43 Å². The summed E-state index contributed by atoms with van der Waals surface area (Å²) in [5.74, 6) is -0.491. The third kappa shape index (κ3) is 2.56. The molecule has 1 aliphatic heterocycles. The van der Waals surface area contributed by atoms with E-state index in [9.17, 15) is 4.39 Å². The number of hydrogen-bond donors (Lipinski definition) is 2. The fourth-order valence-corrected chi connectivity index (χ4v) is 0.631. The standard InChI is InChI=1S/C6H8FN5/c7-6-2-5-10-12(11-6)9-4-1-3-8/h2,5,9,11H,1,4H2. The van der Waals surface area contributed by atoms with E-state index in [2.05, 4.69) is 16.0 Å². The zero-order chi connectivity index (χ0) is 8.81. The molecule has 0 aromatic carbocycles. The number of allylic oxidation sites excluding steroid dienone is 1. The third-order valence-corrected chi connectivity index (χ3v) is 1.11. The van der Waals surface area contributed by atoms with Crippen molar-refractivity contribution in [3.8, 4) is 6.07 Å². The van der Waals surface area contributed by atoms with Crippen LogP contribution in [0.15, 0.2) is 17.1 Å². The second-order valence-electron chi connectivity index (χ2n) is 2.02. The van der Waals surface area contributed by atoms with E-state index >= 15 is 0 Å². The molecule has 0 spiro atoms. The Balaban J connectivity index is 2.24. The summed E-state index contributed by atoms with van der Waals surface area (Å²) in [4.78, 5) is 0. The van der Waals surface area contributed by atoms with E-state index in [0.717, 1.165) is 5.23 Å². The molecule has 0 bridgehead atoms. The predicted octanol–water partition coefficient (Wildman–Crippen LogP) is 0.0216. The number of hydrogen-bond acceptors (Lipinski definition) is 5. The van der Waals surface area contributed by atoms with Gasteiger partial charge in [0.25, 0.3) is 0 Å². The maximum atomic E-state index is 12.5. The number of nitriles is 1. The van der Waals surface area contributed by atoms with Crippen molar-refractivity contribution in [3.63, 3.8) is 0 Å². The molecule has 0 saturated heterocycles. The molecule has 0 atom stereocenters. The molecule has 64 valence electrons. The summed E-state index contributed by atoms with van der Waals surface area (Å²) in [5, 5.41) is 13.0. The topological polar surface area (TPSA) is 63.5 Å². The first-order valence-electron chi connectivity index (χ1n) is 3.40. The Labute approximate surface area is 69.1 Å². The molecule has 6 heteroatoms. The van der Waals surface area contributed by atoms with Crippen molar-refractivity contribution in [2.24, 2.45) is 5.10 Å². The van der Waals surface area contributed by atoms with Crippen molar-refractivity contribution in [1.29, 1.82) is 5.26 Å². The molecule has 0 aromatic rings. The molecule has 5 nitrogen and oxygen atoms in total. The number of hydrazine groups is 2. The van der Waals surface area contributed by atoms with Crippen LogP contribution in [0.1, 0.15) is 6.42 Å². The average molecular weight is 169 g/mol. The Kier molecular flexibility index (Phi) is 3.04. The number of nitrogens with one attached hydrogen (secondary N) is 2. The van der Waals surface area contributed by atoms with Crippen LogP contribution in [0.25, 0.3) is 0 Å².